The van der Waals surface area contributed by atoms with Gasteiger partial charge in [0.1, 0.15) is 11.6 Å². The summed E-state index contributed by atoms with van der Waals surface area (Å²) >= 11 is 0. The Hall–Kier alpha value is -2.02. The molecule has 0 radical (unpaired) electrons. The Morgan fingerprint density at radius 1 is 1.45 bits per heavy atom. The molecule has 0 saturated carbocycles. The van der Waals surface area contributed by atoms with Crippen LogP contribution in [0.4, 0.5) is 14.5 Å². The minimum absolute atomic E-state index is 0.0163. The summed E-state index contributed by atoms with van der Waals surface area (Å²) in [5.41, 5.74) is -0.0214. The lowest BCUT2D eigenvalue weighted by Gasteiger charge is -2.23. The number of carbonyl (C=O) groups is 2. The fraction of sp³-hybridized carbons (Fsp3) is 0.467. The van der Waals surface area contributed by atoms with Gasteiger partial charge in [-0.3, -0.25) is 9.59 Å². The molecule has 1 atom stereocenters. The van der Waals surface area contributed by atoms with E-state index in [1.807, 2.05) is 0 Å². The molecule has 1 aliphatic rings. The van der Waals surface area contributed by atoms with Gasteiger partial charge in [-0.1, -0.05) is 0 Å². The van der Waals surface area contributed by atoms with Crippen molar-refractivity contribution in [3.05, 3.63) is 29.8 Å². The van der Waals surface area contributed by atoms with E-state index in [4.69, 9.17) is 5.11 Å². The molecule has 1 unspecified atom stereocenters. The van der Waals surface area contributed by atoms with Crippen LogP contribution < -0.4 is 4.90 Å². The first-order valence-corrected chi connectivity index (χ1v) is 7.13. The lowest BCUT2D eigenvalue weighted by molar-refractivity contribution is -0.136. The summed E-state index contributed by atoms with van der Waals surface area (Å²) in [5, 5.41) is 8.95. The van der Waals surface area contributed by atoms with Crippen molar-refractivity contribution >= 4 is 17.5 Å². The van der Waals surface area contributed by atoms with E-state index in [1.54, 1.807) is 6.92 Å². The highest BCUT2D eigenvalue weighted by atomic mass is 19.1. The van der Waals surface area contributed by atoms with E-state index in [2.05, 4.69) is 0 Å². The Morgan fingerprint density at radius 2 is 2.18 bits per heavy atom. The minimum atomic E-state index is -0.829. The number of hydrogen-bond acceptors (Lipinski definition) is 3. The number of carbonyl (C=O) groups excluding carboxylic acids is 2. The normalized spacial score (nSPS) is 17.9. The highest BCUT2D eigenvalue weighted by molar-refractivity contribution is 6.00. The zero-order valence-electron chi connectivity index (χ0n) is 12.3. The first kappa shape index (κ1) is 16.4. The van der Waals surface area contributed by atoms with Gasteiger partial charge >= 0.3 is 0 Å². The van der Waals surface area contributed by atoms with Crippen molar-refractivity contribution in [3.8, 4) is 0 Å². The molecule has 1 heterocycles. The van der Waals surface area contributed by atoms with Crippen LogP contribution >= 0.6 is 0 Å². The van der Waals surface area contributed by atoms with Gasteiger partial charge < -0.3 is 14.9 Å². The van der Waals surface area contributed by atoms with E-state index in [0.29, 0.717) is 12.6 Å². The molecule has 0 aliphatic carbocycles. The Kier molecular flexibility index (Phi) is 5.07. The Balaban J connectivity index is 2.15. The molecule has 7 heteroatoms. The maximum absolute atomic E-state index is 13.8. The number of aliphatic hydroxyl groups excluding tert-OH is 1. The quantitative estimate of drug-likeness (QED) is 0.887. The third-order valence-corrected chi connectivity index (χ3v) is 3.74. The lowest BCUT2D eigenvalue weighted by Crippen LogP contribution is -2.39. The van der Waals surface area contributed by atoms with Gasteiger partial charge in [-0.05, 0) is 19.1 Å². The smallest absolute Gasteiger partial charge is 0.228 e. The number of rotatable bonds is 5. The van der Waals surface area contributed by atoms with Crippen LogP contribution in [-0.4, -0.2) is 48.1 Å². The van der Waals surface area contributed by atoms with Crippen molar-refractivity contribution in [2.24, 2.45) is 5.92 Å². The molecule has 22 heavy (non-hydrogen) atoms. The second-order valence-electron chi connectivity index (χ2n) is 5.14. The molecule has 2 amide bonds. The van der Waals surface area contributed by atoms with E-state index >= 15 is 0 Å². The Labute approximate surface area is 127 Å². The summed E-state index contributed by atoms with van der Waals surface area (Å²) < 4.78 is 26.7. The number of benzene rings is 1. The maximum atomic E-state index is 13.8. The van der Waals surface area contributed by atoms with Gasteiger partial charge in [0.15, 0.2) is 0 Å². The van der Waals surface area contributed by atoms with E-state index in [9.17, 15) is 18.4 Å². The van der Waals surface area contributed by atoms with Crippen molar-refractivity contribution < 1.29 is 23.5 Å². The summed E-state index contributed by atoms with van der Waals surface area (Å²) in [5.74, 6) is -2.74. The number of amides is 2. The molecule has 0 bridgehead atoms. The molecular weight excluding hydrogens is 294 g/mol. The molecule has 120 valence electrons. The zero-order valence-corrected chi connectivity index (χ0v) is 12.3. The number of nitrogens with zero attached hydrogens (tertiary/aromatic N) is 2. The molecule has 2 rings (SSSR count). The first-order chi connectivity index (χ1) is 10.5. The predicted molar refractivity (Wildman–Crippen MR) is 76.2 cm³/mol. The molecule has 1 aliphatic heterocycles. The zero-order chi connectivity index (χ0) is 16.3. The Bertz CT molecular complexity index is 580. The summed E-state index contributed by atoms with van der Waals surface area (Å²) in [7, 11) is 0. The van der Waals surface area contributed by atoms with Gasteiger partial charge in [-0.15, -0.1) is 0 Å². The molecule has 1 N–H and O–H groups in total. The third-order valence-electron chi connectivity index (χ3n) is 3.74. The average molecular weight is 312 g/mol. The number of halogens is 2. The standard InChI is InChI=1S/C15H18F2N2O3/c1-2-18(5-6-20)15(22)10-7-14(21)19(9-10)13-4-3-11(16)8-12(13)17/h3-4,8,10,20H,2,5-7,9H2,1H3. The van der Waals surface area contributed by atoms with Gasteiger partial charge in [0, 0.05) is 32.1 Å². The first-order valence-electron chi connectivity index (χ1n) is 7.13. The number of hydrogen-bond donors (Lipinski definition) is 1. The van der Waals surface area contributed by atoms with Gasteiger partial charge in [0.25, 0.3) is 0 Å². The SMILES string of the molecule is CCN(CCO)C(=O)C1CC(=O)N(c2ccc(F)cc2F)C1. The molecule has 1 saturated heterocycles. The third kappa shape index (κ3) is 3.24. The highest BCUT2D eigenvalue weighted by Crippen LogP contribution is 2.28. The van der Waals surface area contributed by atoms with Crippen LogP contribution in [0.1, 0.15) is 13.3 Å². The summed E-state index contributed by atoms with van der Waals surface area (Å²) in [4.78, 5) is 27.0. The predicted octanol–water partition coefficient (Wildman–Crippen LogP) is 1.16. The summed E-state index contributed by atoms with van der Waals surface area (Å²) in [6.07, 6.45) is -0.0163. The highest BCUT2D eigenvalue weighted by Gasteiger charge is 2.37. The van der Waals surface area contributed by atoms with E-state index in [0.717, 1.165) is 6.07 Å². The van der Waals surface area contributed by atoms with Gasteiger partial charge in [-0.2, -0.15) is 0 Å². The van der Waals surface area contributed by atoms with Crippen LogP contribution in [-0.2, 0) is 9.59 Å². The molecule has 1 fully saturated rings. The van der Waals surface area contributed by atoms with Crippen molar-refractivity contribution in [1.82, 2.24) is 4.90 Å². The summed E-state index contributed by atoms with van der Waals surface area (Å²) in [6, 6.07) is 2.98. The van der Waals surface area contributed by atoms with Crippen LogP contribution in [0.2, 0.25) is 0 Å². The van der Waals surface area contributed by atoms with Crippen molar-refractivity contribution in [2.45, 2.75) is 13.3 Å². The fourth-order valence-corrected chi connectivity index (χ4v) is 2.61. The van der Waals surface area contributed by atoms with Crippen LogP contribution in [0.5, 0.6) is 0 Å². The monoisotopic (exact) mass is 312 g/mol. The van der Waals surface area contributed by atoms with Crippen LogP contribution in [0.25, 0.3) is 0 Å². The second kappa shape index (κ2) is 6.83. The largest absolute Gasteiger partial charge is 0.395 e. The molecule has 0 aromatic heterocycles. The van der Waals surface area contributed by atoms with Gasteiger partial charge in [0.05, 0.1) is 18.2 Å². The van der Waals surface area contributed by atoms with Gasteiger partial charge in [-0.25, -0.2) is 8.78 Å². The fourth-order valence-electron chi connectivity index (χ4n) is 2.61. The van der Waals surface area contributed by atoms with Crippen molar-refractivity contribution in [1.29, 1.82) is 0 Å². The topological polar surface area (TPSA) is 60.9 Å². The van der Waals surface area contributed by atoms with Crippen molar-refractivity contribution in [3.63, 3.8) is 0 Å². The Morgan fingerprint density at radius 3 is 2.77 bits per heavy atom. The lowest BCUT2D eigenvalue weighted by atomic mass is 10.1. The minimum Gasteiger partial charge on any atom is -0.395 e. The van der Waals surface area contributed by atoms with Gasteiger partial charge in [0.2, 0.25) is 11.8 Å². The molecule has 0 spiro atoms. The second-order valence-corrected chi connectivity index (χ2v) is 5.14. The molecule has 1 aromatic carbocycles. The van der Waals surface area contributed by atoms with Crippen molar-refractivity contribution in [2.75, 3.05) is 31.1 Å². The number of likely N-dealkylation sites (N-methyl/N-ethyl adjacent to an activating group) is 1. The molecular formula is C15H18F2N2O3. The van der Waals surface area contributed by atoms with E-state index in [1.165, 1.54) is 15.9 Å². The van der Waals surface area contributed by atoms with Crippen LogP contribution in [0, 0.1) is 17.6 Å². The van der Waals surface area contributed by atoms with E-state index < -0.39 is 17.6 Å². The average Bonchev–Trinajstić information content (AvgIpc) is 2.86. The molecule has 1 aromatic rings. The van der Waals surface area contributed by atoms with Crippen LogP contribution in [0.3, 0.4) is 0 Å². The summed E-state index contributed by atoms with van der Waals surface area (Å²) in [6.45, 7) is 2.31. The number of anilines is 1. The maximum Gasteiger partial charge on any atom is 0.228 e. The molecule has 5 nitrogen and oxygen atoms in total. The number of aliphatic hydroxyl groups is 1. The van der Waals surface area contributed by atoms with Crippen LogP contribution in [0.15, 0.2) is 18.2 Å². The van der Waals surface area contributed by atoms with E-state index in [-0.39, 0.29) is 43.6 Å².